The molecular weight excluding hydrogens is 363 g/mol. The summed E-state index contributed by atoms with van der Waals surface area (Å²) in [6, 6.07) is 12.9. The second-order valence-corrected chi connectivity index (χ2v) is 7.66. The van der Waals surface area contributed by atoms with Crippen LogP contribution in [0.25, 0.3) is 10.9 Å². The predicted molar refractivity (Wildman–Crippen MR) is 118 cm³/mol. The summed E-state index contributed by atoms with van der Waals surface area (Å²) >= 11 is 0. The molecule has 154 valence electrons. The van der Waals surface area contributed by atoms with E-state index in [4.69, 9.17) is 0 Å². The molecule has 3 nitrogen and oxygen atoms in total. The molecule has 0 spiro atoms. The summed E-state index contributed by atoms with van der Waals surface area (Å²) in [7, 11) is 0. The third-order valence-corrected chi connectivity index (χ3v) is 5.58. The number of carbonyl (C=O) groups excluding carboxylic acids is 1. The highest BCUT2D eigenvalue weighted by Crippen LogP contribution is 2.34. The van der Waals surface area contributed by atoms with E-state index in [1.54, 1.807) is 12.1 Å². The highest BCUT2D eigenvalue weighted by Gasteiger charge is 2.22. The first-order valence-corrected chi connectivity index (χ1v) is 10.7. The van der Waals surface area contributed by atoms with Gasteiger partial charge in [0, 0.05) is 36.0 Å². The summed E-state index contributed by atoms with van der Waals surface area (Å²) in [5.74, 6) is -0.458. The molecular formula is C25H31FN2O. The molecule has 1 atom stereocenters. The van der Waals surface area contributed by atoms with E-state index in [2.05, 4.69) is 42.3 Å². The summed E-state index contributed by atoms with van der Waals surface area (Å²) in [4.78, 5) is 16.1. The second kappa shape index (κ2) is 10.2. The molecule has 1 amide bonds. The Morgan fingerprint density at radius 2 is 1.93 bits per heavy atom. The Balaban J connectivity index is 1.86. The third kappa shape index (κ3) is 5.26. The molecule has 2 aromatic carbocycles. The Hall–Kier alpha value is -2.62. The van der Waals surface area contributed by atoms with Crippen molar-refractivity contribution < 1.29 is 9.18 Å². The molecule has 0 aliphatic heterocycles. The smallest absolute Gasteiger partial charge is 0.220 e. The fourth-order valence-corrected chi connectivity index (χ4v) is 3.99. The predicted octanol–water partition coefficient (Wildman–Crippen LogP) is 6.09. The summed E-state index contributed by atoms with van der Waals surface area (Å²) in [6.07, 6.45) is 7.71. The quantitative estimate of drug-likeness (QED) is 0.402. The van der Waals surface area contributed by atoms with Gasteiger partial charge in [-0.05, 0) is 41.7 Å². The minimum absolute atomic E-state index is 0.0109. The number of rotatable bonds is 10. The van der Waals surface area contributed by atoms with Crippen LogP contribution >= 0.6 is 0 Å². The van der Waals surface area contributed by atoms with E-state index < -0.39 is 0 Å². The maximum atomic E-state index is 14.0. The van der Waals surface area contributed by atoms with Crippen molar-refractivity contribution in [2.75, 3.05) is 6.54 Å². The van der Waals surface area contributed by atoms with Gasteiger partial charge in [0.05, 0.1) is 0 Å². The number of H-pyrrole nitrogens is 1. The zero-order valence-electron chi connectivity index (χ0n) is 17.4. The van der Waals surface area contributed by atoms with E-state index in [-0.39, 0.29) is 17.6 Å². The highest BCUT2D eigenvalue weighted by atomic mass is 19.1. The van der Waals surface area contributed by atoms with Gasteiger partial charge in [-0.15, -0.1) is 0 Å². The van der Waals surface area contributed by atoms with Gasteiger partial charge >= 0.3 is 0 Å². The van der Waals surface area contributed by atoms with Crippen molar-refractivity contribution in [3.8, 4) is 0 Å². The number of para-hydroxylation sites is 1. The van der Waals surface area contributed by atoms with E-state index in [0.717, 1.165) is 41.3 Å². The fourth-order valence-electron chi connectivity index (χ4n) is 3.99. The van der Waals surface area contributed by atoms with Crippen molar-refractivity contribution >= 4 is 16.8 Å². The number of carbonyl (C=O) groups is 1. The first kappa shape index (κ1) is 21.1. The Bertz CT molecular complexity index is 947. The van der Waals surface area contributed by atoms with Crippen LogP contribution in [0.3, 0.4) is 0 Å². The van der Waals surface area contributed by atoms with Crippen LogP contribution in [0, 0.1) is 5.82 Å². The zero-order valence-corrected chi connectivity index (χ0v) is 17.4. The van der Waals surface area contributed by atoms with Crippen molar-refractivity contribution in [1.29, 1.82) is 0 Å². The number of nitrogens with one attached hydrogen (secondary N) is 2. The van der Waals surface area contributed by atoms with Crippen LogP contribution in [0.4, 0.5) is 4.39 Å². The molecule has 0 fully saturated rings. The van der Waals surface area contributed by atoms with Crippen molar-refractivity contribution in [3.63, 3.8) is 0 Å². The van der Waals surface area contributed by atoms with Crippen molar-refractivity contribution in [1.82, 2.24) is 10.3 Å². The molecule has 1 aromatic heterocycles. The van der Waals surface area contributed by atoms with Crippen molar-refractivity contribution in [3.05, 3.63) is 71.2 Å². The topological polar surface area (TPSA) is 44.9 Å². The van der Waals surface area contributed by atoms with E-state index in [9.17, 15) is 9.18 Å². The van der Waals surface area contributed by atoms with Gasteiger partial charge in [0.1, 0.15) is 5.82 Å². The van der Waals surface area contributed by atoms with Gasteiger partial charge in [-0.1, -0.05) is 63.4 Å². The lowest BCUT2D eigenvalue weighted by Gasteiger charge is -2.17. The van der Waals surface area contributed by atoms with Crippen LogP contribution in [0.2, 0.25) is 0 Å². The summed E-state index contributed by atoms with van der Waals surface area (Å²) < 4.78 is 14.0. The number of fused-ring (bicyclic) bond motifs is 1. The number of hydrogen-bond acceptors (Lipinski definition) is 1. The molecule has 0 radical (unpaired) electrons. The van der Waals surface area contributed by atoms with Crippen molar-refractivity contribution in [2.24, 2.45) is 0 Å². The van der Waals surface area contributed by atoms with Gasteiger partial charge in [-0.2, -0.15) is 0 Å². The van der Waals surface area contributed by atoms with Crippen LogP contribution in [0.1, 0.15) is 68.6 Å². The van der Waals surface area contributed by atoms with Gasteiger partial charge in [0.25, 0.3) is 0 Å². The number of aromatic nitrogens is 1. The Kier molecular flexibility index (Phi) is 7.45. The average molecular weight is 395 g/mol. The van der Waals surface area contributed by atoms with Crippen LogP contribution in [0.5, 0.6) is 0 Å². The number of halogens is 1. The Morgan fingerprint density at radius 3 is 2.69 bits per heavy atom. The normalized spacial score (nSPS) is 12.2. The monoisotopic (exact) mass is 394 g/mol. The zero-order chi connectivity index (χ0) is 20.6. The maximum absolute atomic E-state index is 14.0. The molecule has 1 heterocycles. The van der Waals surface area contributed by atoms with Gasteiger partial charge in [-0.3, -0.25) is 4.79 Å². The summed E-state index contributed by atoms with van der Waals surface area (Å²) in [6.45, 7) is 5.00. The molecule has 0 saturated heterocycles. The standard InChI is InChI=1S/C25H31FN2O/c1-3-5-6-7-14-27-24(29)16-22(19-11-8-12-20(26)15-19)23-17-28-25-18(4-2)10-9-13-21(23)25/h8-13,15,17,22,28H,3-7,14,16H2,1-2H3,(H,27,29). The van der Waals surface area contributed by atoms with E-state index >= 15 is 0 Å². The molecule has 3 aromatic rings. The lowest BCUT2D eigenvalue weighted by molar-refractivity contribution is -0.121. The molecule has 2 N–H and O–H groups in total. The number of hydrogen-bond donors (Lipinski definition) is 2. The molecule has 29 heavy (non-hydrogen) atoms. The van der Waals surface area contributed by atoms with Crippen LogP contribution in [0.15, 0.2) is 48.7 Å². The maximum Gasteiger partial charge on any atom is 0.220 e. The largest absolute Gasteiger partial charge is 0.361 e. The Morgan fingerprint density at radius 1 is 1.10 bits per heavy atom. The molecule has 0 aliphatic rings. The van der Waals surface area contributed by atoms with E-state index in [1.165, 1.54) is 24.5 Å². The first-order valence-electron chi connectivity index (χ1n) is 10.7. The number of aryl methyl sites for hydroxylation is 1. The van der Waals surface area contributed by atoms with E-state index in [1.807, 2.05) is 12.3 Å². The molecule has 1 unspecified atom stereocenters. The number of unbranched alkanes of at least 4 members (excludes halogenated alkanes) is 3. The fraction of sp³-hybridized carbons (Fsp3) is 0.400. The number of amides is 1. The van der Waals surface area contributed by atoms with Crippen LogP contribution in [-0.2, 0) is 11.2 Å². The molecule has 4 heteroatoms. The van der Waals surface area contributed by atoms with Gasteiger partial charge in [0.2, 0.25) is 5.91 Å². The molecule has 0 bridgehead atoms. The molecule has 0 saturated carbocycles. The number of benzene rings is 2. The van der Waals surface area contributed by atoms with Gasteiger partial charge < -0.3 is 10.3 Å². The molecule has 3 rings (SSSR count). The summed E-state index contributed by atoms with van der Waals surface area (Å²) in [5.41, 5.74) is 4.22. The second-order valence-electron chi connectivity index (χ2n) is 7.66. The Labute approximate surface area is 172 Å². The minimum Gasteiger partial charge on any atom is -0.361 e. The highest BCUT2D eigenvalue weighted by molar-refractivity contribution is 5.88. The van der Waals surface area contributed by atoms with Gasteiger partial charge in [0.15, 0.2) is 0 Å². The SMILES string of the molecule is CCCCCCNC(=O)CC(c1cccc(F)c1)c1c[nH]c2c(CC)cccc12. The lowest BCUT2D eigenvalue weighted by atomic mass is 9.87. The van der Waals surface area contributed by atoms with Crippen LogP contribution in [-0.4, -0.2) is 17.4 Å². The van der Waals surface area contributed by atoms with E-state index in [0.29, 0.717) is 13.0 Å². The summed E-state index contributed by atoms with van der Waals surface area (Å²) in [5, 5.41) is 4.15. The third-order valence-electron chi connectivity index (χ3n) is 5.58. The molecule has 0 aliphatic carbocycles. The van der Waals surface area contributed by atoms with Gasteiger partial charge in [-0.25, -0.2) is 4.39 Å². The van der Waals surface area contributed by atoms with Crippen molar-refractivity contribution in [2.45, 2.75) is 58.3 Å². The number of aromatic amines is 1. The minimum atomic E-state index is -0.276. The lowest BCUT2D eigenvalue weighted by Crippen LogP contribution is -2.26. The average Bonchev–Trinajstić information content (AvgIpc) is 3.16. The first-order chi connectivity index (χ1) is 14.1. The van der Waals surface area contributed by atoms with Crippen LogP contribution < -0.4 is 5.32 Å².